The van der Waals surface area contributed by atoms with Crippen LogP contribution >= 0.6 is 35.0 Å². The first-order valence-corrected chi connectivity index (χ1v) is 7.68. The molecule has 1 aromatic heterocycles. The van der Waals surface area contributed by atoms with Crippen LogP contribution in [0.5, 0.6) is 0 Å². The SMILES string of the molecule is CCCSCc1noc(-c2cc(Cl)c(N)c(Cl)c2)n1. The van der Waals surface area contributed by atoms with E-state index in [4.69, 9.17) is 33.5 Å². The highest BCUT2D eigenvalue weighted by Gasteiger charge is 2.12. The van der Waals surface area contributed by atoms with Crippen LogP contribution < -0.4 is 5.73 Å². The second kappa shape index (κ2) is 6.50. The first-order chi connectivity index (χ1) is 9.11. The highest BCUT2D eigenvalue weighted by molar-refractivity contribution is 7.98. The van der Waals surface area contributed by atoms with E-state index in [0.717, 1.165) is 17.9 Å². The molecule has 0 aliphatic heterocycles. The van der Waals surface area contributed by atoms with E-state index >= 15 is 0 Å². The van der Waals surface area contributed by atoms with Crippen molar-refractivity contribution in [2.75, 3.05) is 11.5 Å². The number of hydrogen-bond donors (Lipinski definition) is 1. The number of hydrogen-bond acceptors (Lipinski definition) is 5. The van der Waals surface area contributed by atoms with Crippen molar-refractivity contribution in [3.63, 3.8) is 0 Å². The summed E-state index contributed by atoms with van der Waals surface area (Å²) in [5.41, 5.74) is 6.70. The van der Waals surface area contributed by atoms with Gasteiger partial charge < -0.3 is 10.3 Å². The number of nitrogen functional groups attached to an aromatic ring is 1. The molecule has 2 aromatic rings. The molecule has 4 nitrogen and oxygen atoms in total. The maximum absolute atomic E-state index is 5.97. The van der Waals surface area contributed by atoms with Gasteiger partial charge in [0.2, 0.25) is 0 Å². The van der Waals surface area contributed by atoms with E-state index in [2.05, 4.69) is 17.1 Å². The highest BCUT2D eigenvalue weighted by atomic mass is 35.5. The molecule has 0 fully saturated rings. The number of anilines is 1. The van der Waals surface area contributed by atoms with Gasteiger partial charge >= 0.3 is 0 Å². The predicted molar refractivity (Wildman–Crippen MR) is 80.6 cm³/mol. The van der Waals surface area contributed by atoms with Gasteiger partial charge in [-0.25, -0.2) is 0 Å². The fourth-order valence-corrected chi connectivity index (χ4v) is 2.67. The second-order valence-electron chi connectivity index (χ2n) is 3.92. The molecule has 0 spiro atoms. The minimum absolute atomic E-state index is 0.352. The summed E-state index contributed by atoms with van der Waals surface area (Å²) < 4.78 is 5.20. The third-order valence-corrected chi connectivity index (χ3v) is 4.16. The second-order valence-corrected chi connectivity index (χ2v) is 5.84. The first kappa shape index (κ1) is 14.5. The molecule has 0 aliphatic rings. The van der Waals surface area contributed by atoms with Crippen LogP contribution in [0.1, 0.15) is 19.2 Å². The summed E-state index contributed by atoms with van der Waals surface area (Å²) in [6, 6.07) is 3.33. The van der Waals surface area contributed by atoms with Crippen molar-refractivity contribution in [1.82, 2.24) is 10.1 Å². The molecule has 0 unspecified atom stereocenters. The molecule has 1 aromatic carbocycles. The van der Waals surface area contributed by atoms with Crippen LogP contribution in [0, 0.1) is 0 Å². The monoisotopic (exact) mass is 317 g/mol. The maximum Gasteiger partial charge on any atom is 0.258 e. The van der Waals surface area contributed by atoms with Crippen molar-refractivity contribution in [2.45, 2.75) is 19.1 Å². The summed E-state index contributed by atoms with van der Waals surface area (Å²) in [6.45, 7) is 2.13. The van der Waals surface area contributed by atoms with Crippen LogP contribution in [0.25, 0.3) is 11.5 Å². The average Bonchev–Trinajstić information content (AvgIpc) is 2.84. The smallest absolute Gasteiger partial charge is 0.258 e. The van der Waals surface area contributed by atoms with Gasteiger partial charge in [-0.05, 0) is 24.3 Å². The topological polar surface area (TPSA) is 64.9 Å². The lowest BCUT2D eigenvalue weighted by Gasteiger charge is -2.02. The zero-order valence-electron chi connectivity index (χ0n) is 10.3. The number of halogens is 2. The van der Waals surface area contributed by atoms with Gasteiger partial charge in [0.05, 0.1) is 21.5 Å². The fourth-order valence-electron chi connectivity index (χ4n) is 1.45. The molecule has 0 atom stereocenters. The molecule has 102 valence electrons. The Bertz CT molecular complexity index is 551. The molecule has 0 saturated heterocycles. The molecular formula is C12H13Cl2N3OS. The van der Waals surface area contributed by atoms with Crippen molar-refractivity contribution in [3.8, 4) is 11.5 Å². The quantitative estimate of drug-likeness (QED) is 0.659. The van der Waals surface area contributed by atoms with E-state index < -0.39 is 0 Å². The number of nitrogens with two attached hydrogens (primary N) is 1. The summed E-state index contributed by atoms with van der Waals surface area (Å²) in [7, 11) is 0. The highest BCUT2D eigenvalue weighted by Crippen LogP contribution is 2.33. The predicted octanol–water partition coefficient (Wildman–Crippen LogP) is 4.27. The van der Waals surface area contributed by atoms with Gasteiger partial charge in [-0.15, -0.1) is 0 Å². The summed E-state index contributed by atoms with van der Waals surface area (Å²) in [4.78, 5) is 4.31. The van der Waals surface area contributed by atoms with Crippen molar-refractivity contribution >= 4 is 40.7 Å². The average molecular weight is 318 g/mol. The van der Waals surface area contributed by atoms with E-state index in [-0.39, 0.29) is 0 Å². The van der Waals surface area contributed by atoms with E-state index in [1.807, 2.05) is 0 Å². The van der Waals surface area contributed by atoms with Gasteiger partial charge in [-0.3, -0.25) is 0 Å². The lowest BCUT2D eigenvalue weighted by Crippen LogP contribution is -1.89. The van der Waals surface area contributed by atoms with Crippen LogP contribution in [-0.4, -0.2) is 15.9 Å². The zero-order valence-corrected chi connectivity index (χ0v) is 12.6. The standard InChI is InChI=1S/C12H13Cl2N3OS/c1-2-3-19-6-10-16-12(18-17-10)7-4-8(13)11(15)9(14)5-7/h4-5H,2-3,6,15H2,1H3. The minimum Gasteiger partial charge on any atom is -0.396 e. The van der Waals surface area contributed by atoms with Crippen molar-refractivity contribution < 1.29 is 4.52 Å². The molecule has 2 N–H and O–H groups in total. The molecule has 7 heteroatoms. The lowest BCUT2D eigenvalue weighted by atomic mass is 10.2. The Labute approximate surface area is 125 Å². The molecule has 0 amide bonds. The maximum atomic E-state index is 5.97. The Hall–Kier alpha value is -0.910. The van der Waals surface area contributed by atoms with Gasteiger partial charge in [-0.1, -0.05) is 35.3 Å². The fraction of sp³-hybridized carbons (Fsp3) is 0.333. The van der Waals surface area contributed by atoms with Gasteiger partial charge in [0, 0.05) is 5.56 Å². The van der Waals surface area contributed by atoms with Crippen LogP contribution in [0.4, 0.5) is 5.69 Å². The summed E-state index contributed by atoms with van der Waals surface area (Å²) in [5.74, 6) is 2.87. The van der Waals surface area contributed by atoms with Gasteiger partial charge in [0.1, 0.15) is 0 Å². The third-order valence-electron chi connectivity index (χ3n) is 2.37. The number of rotatable bonds is 5. The summed E-state index contributed by atoms with van der Waals surface area (Å²) >= 11 is 13.7. The molecule has 0 saturated carbocycles. The van der Waals surface area contributed by atoms with Gasteiger partial charge in [-0.2, -0.15) is 16.7 Å². The van der Waals surface area contributed by atoms with E-state index in [1.54, 1.807) is 23.9 Å². The van der Waals surface area contributed by atoms with E-state index in [1.165, 1.54) is 0 Å². The molecule has 1 heterocycles. The van der Waals surface area contributed by atoms with Gasteiger partial charge in [0.25, 0.3) is 5.89 Å². The van der Waals surface area contributed by atoms with Crippen molar-refractivity contribution in [2.24, 2.45) is 0 Å². The van der Waals surface area contributed by atoms with Crippen LogP contribution in [0.15, 0.2) is 16.7 Å². The molecule has 0 aliphatic carbocycles. The lowest BCUT2D eigenvalue weighted by molar-refractivity contribution is 0.425. The normalized spacial score (nSPS) is 10.9. The Kier molecular flexibility index (Phi) is 4.96. The largest absolute Gasteiger partial charge is 0.396 e. The van der Waals surface area contributed by atoms with Crippen molar-refractivity contribution in [3.05, 3.63) is 28.0 Å². The van der Waals surface area contributed by atoms with Crippen LogP contribution in [-0.2, 0) is 5.75 Å². The Morgan fingerprint density at radius 3 is 2.63 bits per heavy atom. The zero-order chi connectivity index (χ0) is 13.8. The number of aromatic nitrogens is 2. The molecule has 0 radical (unpaired) electrons. The first-order valence-electron chi connectivity index (χ1n) is 5.77. The molecule has 0 bridgehead atoms. The van der Waals surface area contributed by atoms with Gasteiger partial charge in [0.15, 0.2) is 5.82 Å². The minimum atomic E-state index is 0.352. The Balaban J connectivity index is 2.18. The Morgan fingerprint density at radius 2 is 2.00 bits per heavy atom. The third kappa shape index (κ3) is 3.55. The van der Waals surface area contributed by atoms with Crippen molar-refractivity contribution in [1.29, 1.82) is 0 Å². The molecule has 2 rings (SSSR count). The van der Waals surface area contributed by atoms with Crippen LogP contribution in [0.2, 0.25) is 10.0 Å². The van der Waals surface area contributed by atoms with E-state index in [9.17, 15) is 0 Å². The van der Waals surface area contributed by atoms with Crippen LogP contribution in [0.3, 0.4) is 0 Å². The number of thioether (sulfide) groups is 1. The summed E-state index contributed by atoms with van der Waals surface area (Å²) in [6.07, 6.45) is 1.12. The number of nitrogens with zero attached hydrogens (tertiary/aromatic N) is 2. The molecule has 19 heavy (non-hydrogen) atoms. The Morgan fingerprint density at radius 1 is 1.32 bits per heavy atom. The number of benzene rings is 1. The summed E-state index contributed by atoms with van der Waals surface area (Å²) in [5, 5.41) is 4.68. The molecular weight excluding hydrogens is 305 g/mol. The van der Waals surface area contributed by atoms with E-state index in [0.29, 0.717) is 33.0 Å².